The maximum absolute atomic E-state index is 11.7. The van der Waals surface area contributed by atoms with Crippen LogP contribution in [0.3, 0.4) is 0 Å². The Bertz CT molecular complexity index is 483. The third kappa shape index (κ3) is 1.71. The van der Waals surface area contributed by atoms with Gasteiger partial charge < -0.3 is 9.84 Å². The van der Waals surface area contributed by atoms with Gasteiger partial charge in [0.15, 0.2) is 0 Å². The van der Waals surface area contributed by atoms with Crippen molar-refractivity contribution in [2.45, 2.75) is 18.9 Å². The Balaban J connectivity index is 2.49. The molecule has 2 rings (SSSR count). The zero-order valence-corrected chi connectivity index (χ0v) is 10.1. The summed E-state index contributed by atoms with van der Waals surface area (Å²) in [5, 5.41) is 9.01. The molecule has 84 valence electrons. The molecule has 1 heterocycles. The van der Waals surface area contributed by atoms with Crippen LogP contribution < -0.4 is 0 Å². The molecule has 0 saturated carbocycles. The van der Waals surface area contributed by atoms with Crippen molar-refractivity contribution in [1.29, 1.82) is 0 Å². The highest BCUT2D eigenvalue weighted by molar-refractivity contribution is 9.10. The van der Waals surface area contributed by atoms with Gasteiger partial charge in [-0.25, -0.2) is 9.59 Å². The Hall–Kier alpha value is -1.36. The van der Waals surface area contributed by atoms with Crippen molar-refractivity contribution >= 4 is 27.9 Å². The molecule has 4 nitrogen and oxygen atoms in total. The second-order valence-corrected chi connectivity index (χ2v) is 4.82. The highest BCUT2D eigenvalue weighted by atomic mass is 79.9. The number of carboxylic acids is 1. The van der Waals surface area contributed by atoms with Crippen molar-refractivity contribution in [3.63, 3.8) is 0 Å². The summed E-state index contributed by atoms with van der Waals surface area (Å²) in [6, 6.07) is 5.15. The lowest BCUT2D eigenvalue weighted by atomic mass is 9.90. The topological polar surface area (TPSA) is 63.6 Å². The van der Waals surface area contributed by atoms with Crippen LogP contribution in [-0.2, 0) is 16.0 Å². The van der Waals surface area contributed by atoms with Crippen LogP contribution in [0.2, 0.25) is 0 Å². The zero-order chi connectivity index (χ0) is 11.9. The van der Waals surface area contributed by atoms with E-state index in [0.29, 0.717) is 11.1 Å². The molecule has 1 unspecified atom stereocenters. The van der Waals surface area contributed by atoms with Gasteiger partial charge >= 0.3 is 11.9 Å². The maximum Gasteiger partial charge on any atom is 0.348 e. The van der Waals surface area contributed by atoms with Gasteiger partial charge in [0.05, 0.1) is 5.56 Å². The molecule has 1 aliphatic heterocycles. The van der Waals surface area contributed by atoms with E-state index in [0.717, 1.165) is 4.47 Å². The summed E-state index contributed by atoms with van der Waals surface area (Å²) in [6.45, 7) is 1.40. The highest BCUT2D eigenvalue weighted by Crippen LogP contribution is 2.30. The van der Waals surface area contributed by atoms with Gasteiger partial charge in [-0.05, 0) is 24.6 Å². The Labute approximate surface area is 100 Å². The zero-order valence-electron chi connectivity index (χ0n) is 8.49. The molecule has 5 heteroatoms. The minimum Gasteiger partial charge on any atom is -0.478 e. The lowest BCUT2D eigenvalue weighted by Crippen LogP contribution is -2.45. The number of ether oxygens (including phenoxy) is 1. The molecule has 1 N–H and O–H groups in total. The van der Waals surface area contributed by atoms with E-state index in [4.69, 9.17) is 9.84 Å². The lowest BCUT2D eigenvalue weighted by molar-refractivity contribution is -0.158. The van der Waals surface area contributed by atoms with E-state index in [-0.39, 0.29) is 6.42 Å². The molecule has 0 spiro atoms. The fraction of sp³-hybridized carbons (Fsp3) is 0.273. The van der Waals surface area contributed by atoms with Crippen molar-refractivity contribution in [3.05, 3.63) is 33.8 Å². The SMILES string of the molecule is CC1(C(=O)O)Cc2ccc(Br)cc2C(=O)O1. The molecular formula is C11H9BrO4. The van der Waals surface area contributed by atoms with Gasteiger partial charge in [-0.1, -0.05) is 22.0 Å². The summed E-state index contributed by atoms with van der Waals surface area (Å²) in [6.07, 6.45) is 0.191. The van der Waals surface area contributed by atoms with Crippen molar-refractivity contribution < 1.29 is 19.4 Å². The predicted molar refractivity (Wildman–Crippen MR) is 59.3 cm³/mol. The summed E-state index contributed by atoms with van der Waals surface area (Å²) < 4.78 is 5.72. The van der Waals surface area contributed by atoms with Crippen molar-refractivity contribution in [1.82, 2.24) is 0 Å². The molecule has 1 aromatic carbocycles. The number of halogens is 1. The van der Waals surface area contributed by atoms with Gasteiger partial charge in [0.25, 0.3) is 0 Å². The second-order valence-electron chi connectivity index (χ2n) is 3.90. The van der Waals surface area contributed by atoms with Crippen LogP contribution in [0.1, 0.15) is 22.8 Å². The summed E-state index contributed by atoms with van der Waals surface area (Å²) in [5.41, 5.74) is -0.338. The number of fused-ring (bicyclic) bond motifs is 1. The fourth-order valence-corrected chi connectivity index (χ4v) is 2.03. The van der Waals surface area contributed by atoms with Crippen LogP contribution in [0.4, 0.5) is 0 Å². The second kappa shape index (κ2) is 3.59. The lowest BCUT2D eigenvalue weighted by Gasteiger charge is -2.30. The fourth-order valence-electron chi connectivity index (χ4n) is 1.67. The third-order valence-electron chi connectivity index (χ3n) is 2.59. The minimum absolute atomic E-state index is 0.191. The first-order chi connectivity index (χ1) is 7.42. The number of rotatable bonds is 1. The van der Waals surface area contributed by atoms with Crippen LogP contribution in [0.25, 0.3) is 0 Å². The Kier molecular flexibility index (Phi) is 2.50. The Morgan fingerprint density at radius 1 is 1.56 bits per heavy atom. The molecule has 0 aromatic heterocycles. The van der Waals surface area contributed by atoms with Gasteiger partial charge in [-0.3, -0.25) is 0 Å². The number of carboxylic acid groups (broad SMARTS) is 1. The highest BCUT2D eigenvalue weighted by Gasteiger charge is 2.42. The summed E-state index contributed by atoms with van der Waals surface area (Å²) in [5.74, 6) is -1.72. The number of esters is 1. The molecule has 1 aliphatic rings. The molecule has 0 aliphatic carbocycles. The number of benzene rings is 1. The minimum atomic E-state index is -1.46. The molecule has 0 bridgehead atoms. The van der Waals surface area contributed by atoms with E-state index < -0.39 is 17.5 Å². The van der Waals surface area contributed by atoms with Crippen LogP contribution in [0.15, 0.2) is 22.7 Å². The summed E-state index contributed by atoms with van der Waals surface area (Å²) >= 11 is 3.25. The van der Waals surface area contributed by atoms with E-state index in [1.54, 1.807) is 18.2 Å². The van der Waals surface area contributed by atoms with Gasteiger partial charge in [-0.2, -0.15) is 0 Å². The van der Waals surface area contributed by atoms with E-state index in [2.05, 4.69) is 15.9 Å². The number of cyclic esters (lactones) is 1. The molecule has 0 amide bonds. The average Bonchev–Trinajstić information content (AvgIpc) is 2.19. The normalized spacial score (nSPS) is 23.5. The van der Waals surface area contributed by atoms with E-state index in [9.17, 15) is 9.59 Å². The van der Waals surface area contributed by atoms with E-state index in [1.165, 1.54) is 6.92 Å². The van der Waals surface area contributed by atoms with Crippen molar-refractivity contribution in [2.24, 2.45) is 0 Å². The third-order valence-corrected chi connectivity index (χ3v) is 3.08. The van der Waals surface area contributed by atoms with Gasteiger partial charge in [0, 0.05) is 10.9 Å². The van der Waals surface area contributed by atoms with E-state index >= 15 is 0 Å². The van der Waals surface area contributed by atoms with Crippen LogP contribution in [0.5, 0.6) is 0 Å². The standard InChI is InChI=1S/C11H9BrO4/c1-11(10(14)15)5-6-2-3-7(12)4-8(6)9(13)16-11/h2-4H,5H2,1H3,(H,14,15). The van der Waals surface area contributed by atoms with Crippen LogP contribution in [0, 0.1) is 0 Å². The van der Waals surface area contributed by atoms with Crippen molar-refractivity contribution in [2.75, 3.05) is 0 Å². The number of aliphatic carboxylic acids is 1. The average molecular weight is 285 g/mol. The molecule has 16 heavy (non-hydrogen) atoms. The number of carbonyl (C=O) groups is 2. The summed E-state index contributed by atoms with van der Waals surface area (Å²) in [4.78, 5) is 22.7. The first-order valence-corrected chi connectivity index (χ1v) is 5.47. The summed E-state index contributed by atoms with van der Waals surface area (Å²) in [7, 11) is 0. The predicted octanol–water partition coefficient (Wildman–Crippen LogP) is 2.01. The van der Waals surface area contributed by atoms with Gasteiger partial charge in [0.1, 0.15) is 0 Å². The van der Waals surface area contributed by atoms with Gasteiger partial charge in [-0.15, -0.1) is 0 Å². The van der Waals surface area contributed by atoms with Crippen LogP contribution >= 0.6 is 15.9 Å². The molecule has 0 fully saturated rings. The molecular weight excluding hydrogens is 276 g/mol. The molecule has 0 radical (unpaired) electrons. The number of hydrogen-bond acceptors (Lipinski definition) is 3. The first kappa shape index (κ1) is 11.1. The molecule has 1 aromatic rings. The molecule has 0 saturated heterocycles. The van der Waals surface area contributed by atoms with E-state index in [1.807, 2.05) is 0 Å². The number of hydrogen-bond donors (Lipinski definition) is 1. The Morgan fingerprint density at radius 3 is 2.88 bits per heavy atom. The van der Waals surface area contributed by atoms with Crippen LogP contribution in [-0.4, -0.2) is 22.6 Å². The van der Waals surface area contributed by atoms with Gasteiger partial charge in [0.2, 0.25) is 5.60 Å². The number of carbonyl (C=O) groups excluding carboxylic acids is 1. The quantitative estimate of drug-likeness (QED) is 0.802. The maximum atomic E-state index is 11.7. The monoisotopic (exact) mass is 284 g/mol. The smallest absolute Gasteiger partial charge is 0.348 e. The Morgan fingerprint density at radius 2 is 2.25 bits per heavy atom. The molecule has 1 atom stereocenters. The largest absolute Gasteiger partial charge is 0.478 e. The first-order valence-electron chi connectivity index (χ1n) is 4.67. The van der Waals surface area contributed by atoms with Crippen molar-refractivity contribution in [3.8, 4) is 0 Å².